The van der Waals surface area contributed by atoms with E-state index in [1.54, 1.807) is 0 Å². The fourth-order valence-corrected chi connectivity index (χ4v) is 3.44. The molecule has 2 aromatic carbocycles. The zero-order chi connectivity index (χ0) is 17.3. The number of nitrogens with one attached hydrogen (secondary N) is 1. The summed E-state index contributed by atoms with van der Waals surface area (Å²) in [6.45, 7) is 1.30. The summed E-state index contributed by atoms with van der Waals surface area (Å²) in [4.78, 5) is 12.2. The van der Waals surface area contributed by atoms with Gasteiger partial charge in [0, 0.05) is 36.6 Å². The quantitative estimate of drug-likeness (QED) is 0.725. The molecule has 4 rings (SSSR count). The zero-order valence-corrected chi connectivity index (χ0v) is 14.0. The van der Waals surface area contributed by atoms with Gasteiger partial charge in [0.1, 0.15) is 5.82 Å². The summed E-state index contributed by atoms with van der Waals surface area (Å²) in [6, 6.07) is 16.9. The molecule has 0 radical (unpaired) electrons. The molecule has 1 aliphatic rings. The van der Waals surface area contributed by atoms with Crippen LogP contribution in [-0.2, 0) is 16.8 Å². The summed E-state index contributed by atoms with van der Waals surface area (Å²) in [7, 11) is 0. The Balaban J connectivity index is 1.33. The number of halogens is 1. The minimum Gasteiger partial charge on any atom is -0.355 e. The predicted octanol–water partition coefficient (Wildman–Crippen LogP) is 4.02. The summed E-state index contributed by atoms with van der Waals surface area (Å²) in [6.07, 6.45) is 4.57. The van der Waals surface area contributed by atoms with Crippen LogP contribution in [0.3, 0.4) is 0 Å². The number of rotatable bonds is 6. The second-order valence-electron chi connectivity index (χ2n) is 6.88. The number of carbonyl (C=O) groups excluding carboxylic acids is 1. The molecule has 0 atom stereocenters. The Morgan fingerprint density at radius 3 is 2.60 bits per heavy atom. The lowest BCUT2D eigenvalue weighted by molar-refractivity contribution is -0.121. The Morgan fingerprint density at radius 2 is 1.84 bits per heavy atom. The third-order valence-electron chi connectivity index (χ3n) is 5.19. The molecule has 25 heavy (non-hydrogen) atoms. The normalized spacial score (nSPS) is 15.2. The largest absolute Gasteiger partial charge is 0.355 e. The zero-order valence-electron chi connectivity index (χ0n) is 14.0. The van der Waals surface area contributed by atoms with Crippen LogP contribution in [0.5, 0.6) is 0 Å². The van der Waals surface area contributed by atoms with Gasteiger partial charge in [-0.1, -0.05) is 30.3 Å². The minimum absolute atomic E-state index is 0.00348. The molecule has 3 nitrogen and oxygen atoms in total. The Hall–Kier alpha value is -2.62. The fourth-order valence-electron chi connectivity index (χ4n) is 3.44. The van der Waals surface area contributed by atoms with Gasteiger partial charge in [0.2, 0.25) is 5.91 Å². The van der Waals surface area contributed by atoms with E-state index in [4.69, 9.17) is 0 Å². The molecule has 1 heterocycles. The predicted molar refractivity (Wildman–Crippen MR) is 96.9 cm³/mol. The Bertz CT molecular complexity index is 894. The van der Waals surface area contributed by atoms with Gasteiger partial charge in [-0.3, -0.25) is 4.79 Å². The van der Waals surface area contributed by atoms with Crippen molar-refractivity contribution in [3.63, 3.8) is 0 Å². The van der Waals surface area contributed by atoms with Crippen molar-refractivity contribution in [3.8, 4) is 0 Å². The lowest BCUT2D eigenvalue weighted by atomic mass is 9.96. The maximum absolute atomic E-state index is 13.1. The number of para-hydroxylation sites is 1. The molecule has 1 amide bonds. The molecule has 0 spiro atoms. The molecule has 1 aromatic heterocycles. The summed E-state index contributed by atoms with van der Waals surface area (Å²) >= 11 is 0. The third-order valence-corrected chi connectivity index (χ3v) is 5.19. The van der Waals surface area contributed by atoms with Crippen LogP contribution in [0, 0.1) is 5.82 Å². The van der Waals surface area contributed by atoms with Crippen LogP contribution in [0.25, 0.3) is 10.9 Å². The minimum atomic E-state index is -0.220. The highest BCUT2D eigenvalue weighted by Crippen LogP contribution is 2.47. The first-order valence-corrected chi connectivity index (χ1v) is 8.73. The van der Waals surface area contributed by atoms with Gasteiger partial charge in [-0.15, -0.1) is 0 Å². The van der Waals surface area contributed by atoms with Gasteiger partial charge in [0.25, 0.3) is 0 Å². The van der Waals surface area contributed by atoms with Gasteiger partial charge in [0.05, 0.1) is 0 Å². The van der Waals surface area contributed by atoms with Crippen molar-refractivity contribution in [2.24, 2.45) is 0 Å². The molecule has 0 unspecified atom stereocenters. The molecule has 128 valence electrons. The van der Waals surface area contributed by atoms with E-state index >= 15 is 0 Å². The number of nitrogens with zero attached hydrogens (tertiary/aromatic N) is 1. The van der Waals surface area contributed by atoms with Crippen molar-refractivity contribution in [3.05, 3.63) is 72.2 Å². The summed E-state index contributed by atoms with van der Waals surface area (Å²) < 4.78 is 15.2. The standard InChI is InChI=1S/C21H21FN2O/c22-18-7-5-17(6-8-18)21(11-12-21)15-23-20(25)10-14-24-13-9-16-3-1-2-4-19(16)24/h1-9,13H,10-12,14-15H2,(H,23,25). The summed E-state index contributed by atoms with van der Waals surface area (Å²) in [5.74, 6) is -0.159. The maximum atomic E-state index is 13.1. The van der Waals surface area contributed by atoms with Crippen molar-refractivity contribution in [2.75, 3.05) is 6.54 Å². The lowest BCUT2D eigenvalue weighted by Gasteiger charge is -2.17. The monoisotopic (exact) mass is 336 g/mol. The molecular formula is C21H21FN2O. The van der Waals surface area contributed by atoms with Crippen molar-refractivity contribution >= 4 is 16.8 Å². The Morgan fingerprint density at radius 1 is 1.08 bits per heavy atom. The molecule has 1 aliphatic carbocycles. The highest BCUT2D eigenvalue weighted by molar-refractivity contribution is 5.80. The van der Waals surface area contributed by atoms with Crippen molar-refractivity contribution in [1.29, 1.82) is 0 Å². The molecule has 0 aliphatic heterocycles. The molecule has 4 heteroatoms. The molecule has 1 saturated carbocycles. The van der Waals surface area contributed by atoms with E-state index in [0.717, 1.165) is 23.9 Å². The number of amides is 1. The first kappa shape index (κ1) is 15.9. The fraction of sp³-hybridized carbons (Fsp3) is 0.286. The lowest BCUT2D eigenvalue weighted by Crippen LogP contribution is -2.32. The first-order chi connectivity index (χ1) is 12.2. The van der Waals surface area contributed by atoms with E-state index < -0.39 is 0 Å². The van der Waals surface area contributed by atoms with Crippen LogP contribution in [0.2, 0.25) is 0 Å². The Labute approximate surface area is 146 Å². The van der Waals surface area contributed by atoms with Crippen LogP contribution in [-0.4, -0.2) is 17.0 Å². The van der Waals surface area contributed by atoms with E-state index in [1.165, 1.54) is 17.5 Å². The van der Waals surface area contributed by atoms with Crippen molar-refractivity contribution in [1.82, 2.24) is 9.88 Å². The van der Waals surface area contributed by atoms with Gasteiger partial charge in [-0.25, -0.2) is 4.39 Å². The second kappa shape index (κ2) is 6.36. The smallest absolute Gasteiger partial charge is 0.221 e. The number of hydrogen-bond acceptors (Lipinski definition) is 1. The van der Waals surface area contributed by atoms with E-state index in [1.807, 2.05) is 30.5 Å². The molecule has 3 aromatic rings. The second-order valence-corrected chi connectivity index (χ2v) is 6.88. The SMILES string of the molecule is O=C(CCn1ccc2ccccc21)NCC1(c2ccc(F)cc2)CC1. The van der Waals surface area contributed by atoms with Crippen LogP contribution in [0.4, 0.5) is 4.39 Å². The van der Waals surface area contributed by atoms with E-state index in [9.17, 15) is 9.18 Å². The summed E-state index contributed by atoms with van der Waals surface area (Å²) in [5.41, 5.74) is 2.27. The molecule has 1 fully saturated rings. The van der Waals surface area contributed by atoms with Gasteiger partial charge in [-0.2, -0.15) is 0 Å². The van der Waals surface area contributed by atoms with E-state index in [2.05, 4.69) is 28.1 Å². The average molecular weight is 336 g/mol. The maximum Gasteiger partial charge on any atom is 0.221 e. The highest BCUT2D eigenvalue weighted by atomic mass is 19.1. The number of carbonyl (C=O) groups is 1. The van der Waals surface area contributed by atoms with E-state index in [-0.39, 0.29) is 17.1 Å². The van der Waals surface area contributed by atoms with Gasteiger partial charge >= 0.3 is 0 Å². The van der Waals surface area contributed by atoms with Crippen molar-refractivity contribution < 1.29 is 9.18 Å². The topological polar surface area (TPSA) is 34.0 Å². The van der Waals surface area contributed by atoms with Gasteiger partial charge in [-0.05, 0) is 48.1 Å². The summed E-state index contributed by atoms with van der Waals surface area (Å²) in [5, 5.41) is 4.25. The Kier molecular flexibility index (Phi) is 4.04. The number of benzene rings is 2. The molecule has 1 N–H and O–H groups in total. The van der Waals surface area contributed by atoms with Gasteiger partial charge < -0.3 is 9.88 Å². The third kappa shape index (κ3) is 3.29. The van der Waals surface area contributed by atoms with Crippen molar-refractivity contribution in [2.45, 2.75) is 31.2 Å². The van der Waals surface area contributed by atoms with Crippen LogP contribution < -0.4 is 5.32 Å². The average Bonchev–Trinajstić information content (AvgIpc) is 3.32. The first-order valence-electron chi connectivity index (χ1n) is 8.73. The number of hydrogen-bond donors (Lipinski definition) is 1. The van der Waals surface area contributed by atoms with Crippen LogP contribution in [0.15, 0.2) is 60.8 Å². The molecule has 0 bridgehead atoms. The number of aromatic nitrogens is 1. The van der Waals surface area contributed by atoms with Gasteiger partial charge in [0.15, 0.2) is 0 Å². The van der Waals surface area contributed by atoms with Crippen LogP contribution in [0.1, 0.15) is 24.8 Å². The van der Waals surface area contributed by atoms with Crippen LogP contribution >= 0.6 is 0 Å². The highest BCUT2D eigenvalue weighted by Gasteiger charge is 2.44. The van der Waals surface area contributed by atoms with E-state index in [0.29, 0.717) is 19.5 Å². The molecule has 0 saturated heterocycles. The molecular weight excluding hydrogens is 315 g/mol. The number of fused-ring (bicyclic) bond motifs is 1. The number of aryl methyl sites for hydroxylation is 1.